The summed E-state index contributed by atoms with van der Waals surface area (Å²) in [7, 11) is 0. The maximum atomic E-state index is 14.3. The van der Waals surface area contributed by atoms with E-state index in [0.717, 1.165) is 36.8 Å². The molecule has 0 amide bonds. The molecule has 0 heterocycles. The van der Waals surface area contributed by atoms with Crippen LogP contribution in [0.1, 0.15) is 66.3 Å². The molecule has 1 aliphatic carbocycles. The van der Waals surface area contributed by atoms with Gasteiger partial charge in [0.1, 0.15) is 11.9 Å². The molecule has 2 aromatic carbocycles. The first-order valence-corrected chi connectivity index (χ1v) is 9.02. The maximum Gasteiger partial charge on any atom is 0.144 e. The van der Waals surface area contributed by atoms with Gasteiger partial charge in [-0.05, 0) is 66.3 Å². The number of halogens is 1. The van der Waals surface area contributed by atoms with Gasteiger partial charge in [-0.3, -0.25) is 0 Å². The van der Waals surface area contributed by atoms with Crippen LogP contribution < -0.4 is 0 Å². The molecular formula is C22H24FN. The van der Waals surface area contributed by atoms with Crippen molar-refractivity contribution in [2.75, 3.05) is 0 Å². The van der Waals surface area contributed by atoms with Gasteiger partial charge in [-0.2, -0.15) is 5.26 Å². The van der Waals surface area contributed by atoms with Crippen molar-refractivity contribution in [1.29, 1.82) is 5.26 Å². The van der Waals surface area contributed by atoms with Crippen LogP contribution in [0, 0.1) is 17.1 Å². The zero-order valence-corrected chi connectivity index (χ0v) is 14.3. The highest BCUT2D eigenvalue weighted by Gasteiger charge is 2.23. The largest absolute Gasteiger partial charge is 0.205 e. The molecule has 0 aliphatic heterocycles. The van der Waals surface area contributed by atoms with Crippen molar-refractivity contribution in [2.45, 2.75) is 57.8 Å². The molecule has 1 aliphatic rings. The van der Waals surface area contributed by atoms with Gasteiger partial charge in [-0.25, -0.2) is 4.39 Å². The van der Waals surface area contributed by atoms with E-state index in [4.69, 9.17) is 5.26 Å². The van der Waals surface area contributed by atoms with E-state index in [1.807, 2.05) is 12.1 Å². The SMILES string of the molecule is CCCCCc1ccc(C2CCc3c(ccc(C#N)c3F)C2)cc1. The molecule has 124 valence electrons. The third-order valence-electron chi connectivity index (χ3n) is 5.19. The number of hydrogen-bond donors (Lipinski definition) is 0. The van der Waals surface area contributed by atoms with Crippen molar-refractivity contribution < 1.29 is 4.39 Å². The van der Waals surface area contributed by atoms with Crippen molar-refractivity contribution in [3.63, 3.8) is 0 Å². The molecule has 0 saturated heterocycles. The summed E-state index contributed by atoms with van der Waals surface area (Å²) in [6, 6.07) is 14.5. The highest BCUT2D eigenvalue weighted by Crippen LogP contribution is 2.34. The minimum absolute atomic E-state index is 0.170. The van der Waals surface area contributed by atoms with E-state index < -0.39 is 0 Å². The highest BCUT2D eigenvalue weighted by atomic mass is 19.1. The molecule has 1 atom stereocenters. The molecule has 24 heavy (non-hydrogen) atoms. The van der Waals surface area contributed by atoms with E-state index in [9.17, 15) is 4.39 Å². The number of nitrogens with zero attached hydrogens (tertiary/aromatic N) is 1. The van der Waals surface area contributed by atoms with Gasteiger partial charge in [-0.15, -0.1) is 0 Å². The summed E-state index contributed by atoms with van der Waals surface area (Å²) in [6.45, 7) is 2.23. The fourth-order valence-corrected chi connectivity index (χ4v) is 3.72. The van der Waals surface area contributed by atoms with Crippen LogP contribution in [-0.2, 0) is 19.3 Å². The Balaban J connectivity index is 1.71. The van der Waals surface area contributed by atoms with Crippen LogP contribution in [0.5, 0.6) is 0 Å². The third-order valence-corrected chi connectivity index (χ3v) is 5.19. The Morgan fingerprint density at radius 3 is 2.62 bits per heavy atom. The second-order valence-corrected chi connectivity index (χ2v) is 6.81. The lowest BCUT2D eigenvalue weighted by atomic mass is 9.79. The van der Waals surface area contributed by atoms with Gasteiger partial charge in [0, 0.05) is 0 Å². The van der Waals surface area contributed by atoms with Gasteiger partial charge in [0.15, 0.2) is 0 Å². The number of benzene rings is 2. The van der Waals surface area contributed by atoms with E-state index in [2.05, 4.69) is 31.2 Å². The zero-order valence-electron chi connectivity index (χ0n) is 14.3. The summed E-state index contributed by atoms with van der Waals surface area (Å²) in [5.74, 6) is 0.147. The first-order valence-electron chi connectivity index (χ1n) is 9.02. The van der Waals surface area contributed by atoms with Crippen LogP contribution in [0.3, 0.4) is 0 Å². The molecule has 1 nitrogen and oxygen atoms in total. The smallest absolute Gasteiger partial charge is 0.144 e. The predicted molar refractivity (Wildman–Crippen MR) is 95.6 cm³/mol. The molecule has 0 bridgehead atoms. The van der Waals surface area contributed by atoms with E-state index >= 15 is 0 Å². The lowest BCUT2D eigenvalue weighted by Gasteiger charge is -2.25. The standard InChI is InChI=1S/C22H24FN/c1-2-3-4-5-16-6-8-17(9-7-16)18-12-13-21-19(14-18)10-11-20(15-24)22(21)23/h6-11,18H,2-5,12-14H2,1H3. The second-order valence-electron chi connectivity index (χ2n) is 6.81. The number of hydrogen-bond acceptors (Lipinski definition) is 1. The minimum atomic E-state index is -0.306. The minimum Gasteiger partial charge on any atom is -0.205 e. The lowest BCUT2D eigenvalue weighted by molar-refractivity contribution is 0.539. The van der Waals surface area contributed by atoms with Gasteiger partial charge in [0.25, 0.3) is 0 Å². The van der Waals surface area contributed by atoms with Crippen LogP contribution in [0.25, 0.3) is 0 Å². The highest BCUT2D eigenvalue weighted by molar-refractivity contribution is 5.43. The summed E-state index contributed by atoms with van der Waals surface area (Å²) in [5.41, 5.74) is 4.75. The average molecular weight is 321 g/mol. The van der Waals surface area contributed by atoms with E-state index in [1.54, 1.807) is 6.07 Å². The molecule has 0 aromatic heterocycles. The van der Waals surface area contributed by atoms with Crippen LogP contribution >= 0.6 is 0 Å². The number of rotatable bonds is 5. The lowest BCUT2D eigenvalue weighted by Crippen LogP contribution is -2.15. The van der Waals surface area contributed by atoms with Crippen LogP contribution in [0.2, 0.25) is 0 Å². The Labute approximate surface area is 144 Å². The zero-order chi connectivity index (χ0) is 16.9. The third kappa shape index (κ3) is 3.51. The topological polar surface area (TPSA) is 23.8 Å². The van der Waals surface area contributed by atoms with Crippen molar-refractivity contribution in [1.82, 2.24) is 0 Å². The number of aryl methyl sites for hydroxylation is 1. The molecular weight excluding hydrogens is 297 g/mol. The summed E-state index contributed by atoms with van der Waals surface area (Å²) in [6.07, 6.45) is 7.50. The van der Waals surface area contributed by atoms with E-state index in [1.165, 1.54) is 30.4 Å². The summed E-state index contributed by atoms with van der Waals surface area (Å²) in [5, 5.41) is 8.96. The normalized spacial score (nSPS) is 16.5. The van der Waals surface area contributed by atoms with Crippen molar-refractivity contribution in [3.05, 3.63) is 70.0 Å². The van der Waals surface area contributed by atoms with Gasteiger partial charge in [0.2, 0.25) is 0 Å². The number of nitriles is 1. The fourth-order valence-electron chi connectivity index (χ4n) is 3.72. The first kappa shape index (κ1) is 16.7. The van der Waals surface area contributed by atoms with Crippen LogP contribution in [-0.4, -0.2) is 0 Å². The molecule has 2 aromatic rings. The van der Waals surface area contributed by atoms with Gasteiger partial charge in [-0.1, -0.05) is 50.1 Å². The van der Waals surface area contributed by atoms with Crippen LogP contribution in [0.4, 0.5) is 4.39 Å². The predicted octanol–water partition coefficient (Wildman–Crippen LogP) is 5.70. The molecule has 0 N–H and O–H groups in total. The van der Waals surface area contributed by atoms with E-state index in [0.29, 0.717) is 5.92 Å². The van der Waals surface area contributed by atoms with Gasteiger partial charge in [0.05, 0.1) is 5.56 Å². The Bertz CT molecular complexity index is 740. The molecule has 0 radical (unpaired) electrons. The molecule has 0 spiro atoms. The summed E-state index contributed by atoms with van der Waals surface area (Å²) >= 11 is 0. The second kappa shape index (κ2) is 7.62. The summed E-state index contributed by atoms with van der Waals surface area (Å²) < 4.78 is 14.3. The summed E-state index contributed by atoms with van der Waals surface area (Å²) in [4.78, 5) is 0. The molecule has 0 saturated carbocycles. The Morgan fingerprint density at radius 2 is 1.92 bits per heavy atom. The Kier molecular flexibility index (Phi) is 5.30. The Hall–Kier alpha value is -2.14. The Morgan fingerprint density at radius 1 is 1.12 bits per heavy atom. The van der Waals surface area contributed by atoms with Gasteiger partial charge < -0.3 is 0 Å². The maximum absolute atomic E-state index is 14.3. The molecule has 3 rings (SSSR count). The molecule has 2 heteroatoms. The van der Waals surface area contributed by atoms with Crippen molar-refractivity contribution in [2.24, 2.45) is 0 Å². The van der Waals surface area contributed by atoms with E-state index in [-0.39, 0.29) is 11.4 Å². The quantitative estimate of drug-likeness (QED) is 0.648. The van der Waals surface area contributed by atoms with Crippen molar-refractivity contribution >= 4 is 0 Å². The monoisotopic (exact) mass is 321 g/mol. The van der Waals surface area contributed by atoms with Crippen molar-refractivity contribution in [3.8, 4) is 6.07 Å². The first-order chi connectivity index (χ1) is 11.7. The number of fused-ring (bicyclic) bond motifs is 1. The average Bonchev–Trinajstić information content (AvgIpc) is 2.63. The number of unbranched alkanes of at least 4 members (excludes halogenated alkanes) is 2. The van der Waals surface area contributed by atoms with Gasteiger partial charge >= 0.3 is 0 Å². The fraction of sp³-hybridized carbons (Fsp3) is 0.409. The molecule has 1 unspecified atom stereocenters. The van der Waals surface area contributed by atoms with Crippen LogP contribution in [0.15, 0.2) is 36.4 Å². The molecule has 0 fully saturated rings.